The SMILES string of the molecule is O=C(Nc1nnc(S(=O)(=O)N2CCN(Cc3ccc4c(c3)OCO4)CC2)s1)c1ccc(Cl)cc1Cl. The molecule has 0 aliphatic carbocycles. The topological polar surface area (TPSA) is 114 Å². The summed E-state index contributed by atoms with van der Waals surface area (Å²) >= 11 is 12.7. The number of aromatic nitrogens is 2. The molecule has 1 amide bonds. The Hall–Kier alpha value is -2.48. The molecule has 10 nitrogen and oxygen atoms in total. The minimum absolute atomic E-state index is 0.0565. The van der Waals surface area contributed by atoms with Crippen LogP contribution < -0.4 is 14.8 Å². The summed E-state index contributed by atoms with van der Waals surface area (Å²) in [5.74, 6) is 0.915. The van der Waals surface area contributed by atoms with E-state index in [2.05, 4.69) is 20.4 Å². The first-order valence-corrected chi connectivity index (χ1v) is 13.5. The van der Waals surface area contributed by atoms with Gasteiger partial charge in [0.2, 0.25) is 16.3 Å². The third kappa shape index (κ3) is 5.22. The van der Waals surface area contributed by atoms with Crippen LogP contribution in [0.25, 0.3) is 0 Å². The Morgan fingerprint density at radius 2 is 1.80 bits per heavy atom. The van der Waals surface area contributed by atoms with Crippen molar-refractivity contribution in [3.05, 3.63) is 57.6 Å². The molecule has 0 atom stereocenters. The Balaban J connectivity index is 1.19. The van der Waals surface area contributed by atoms with Crippen LogP contribution in [-0.2, 0) is 16.6 Å². The maximum atomic E-state index is 13.1. The third-order valence-electron chi connectivity index (χ3n) is 5.54. The van der Waals surface area contributed by atoms with Gasteiger partial charge in [-0.1, -0.05) is 40.6 Å². The van der Waals surface area contributed by atoms with Gasteiger partial charge in [0.1, 0.15) is 0 Å². The molecule has 1 N–H and O–H groups in total. The Labute approximate surface area is 215 Å². The number of hydrogen-bond donors (Lipinski definition) is 1. The molecule has 3 aromatic rings. The van der Waals surface area contributed by atoms with E-state index in [4.69, 9.17) is 32.7 Å². The molecular formula is C21H19Cl2N5O5S2. The lowest BCUT2D eigenvalue weighted by Gasteiger charge is -2.33. The van der Waals surface area contributed by atoms with Crippen LogP contribution in [-0.4, -0.2) is 66.7 Å². The first-order chi connectivity index (χ1) is 16.8. The molecule has 3 heterocycles. The number of benzene rings is 2. The molecule has 2 aliphatic heterocycles. The second kappa shape index (κ2) is 9.88. The first-order valence-electron chi connectivity index (χ1n) is 10.5. The fourth-order valence-corrected chi connectivity index (χ4v) is 6.69. The number of fused-ring (bicyclic) bond motifs is 1. The zero-order chi connectivity index (χ0) is 24.6. The molecule has 0 unspecified atom stereocenters. The maximum absolute atomic E-state index is 13.1. The number of rotatable bonds is 6. The van der Waals surface area contributed by atoms with Gasteiger partial charge < -0.3 is 9.47 Å². The largest absolute Gasteiger partial charge is 0.454 e. The van der Waals surface area contributed by atoms with Gasteiger partial charge in [-0.25, -0.2) is 8.42 Å². The summed E-state index contributed by atoms with van der Waals surface area (Å²) in [5, 5.41) is 10.8. The van der Waals surface area contributed by atoms with Gasteiger partial charge in [0.05, 0.1) is 10.6 Å². The van der Waals surface area contributed by atoms with E-state index in [0.717, 1.165) is 28.4 Å². The highest BCUT2D eigenvalue weighted by molar-refractivity contribution is 7.91. The van der Waals surface area contributed by atoms with E-state index in [1.807, 2.05) is 18.2 Å². The second-order valence-electron chi connectivity index (χ2n) is 7.82. The van der Waals surface area contributed by atoms with Gasteiger partial charge in [0.15, 0.2) is 11.5 Å². The molecule has 184 valence electrons. The molecule has 0 bridgehead atoms. The third-order valence-corrected chi connectivity index (χ3v) is 9.17. The van der Waals surface area contributed by atoms with Gasteiger partial charge in [-0.05, 0) is 35.9 Å². The van der Waals surface area contributed by atoms with Crippen molar-refractivity contribution in [1.82, 2.24) is 19.4 Å². The van der Waals surface area contributed by atoms with Crippen molar-refractivity contribution in [3.8, 4) is 11.5 Å². The number of nitrogens with zero attached hydrogens (tertiary/aromatic N) is 4. The standard InChI is InChI=1S/C21H19Cl2N5O5S2/c22-14-2-3-15(16(23)10-14)19(29)24-20-25-26-21(34-20)35(30,31)28-7-5-27(6-8-28)11-13-1-4-17-18(9-13)33-12-32-17/h1-4,9-10H,5-8,11-12H2,(H,24,25,29). The maximum Gasteiger partial charge on any atom is 0.272 e. The fourth-order valence-electron chi connectivity index (χ4n) is 3.74. The zero-order valence-electron chi connectivity index (χ0n) is 18.1. The smallest absolute Gasteiger partial charge is 0.272 e. The number of amides is 1. The number of carbonyl (C=O) groups excluding carboxylic acids is 1. The summed E-state index contributed by atoms with van der Waals surface area (Å²) in [7, 11) is -3.84. The van der Waals surface area contributed by atoms with E-state index >= 15 is 0 Å². The number of hydrogen-bond acceptors (Lipinski definition) is 9. The lowest BCUT2D eigenvalue weighted by atomic mass is 10.2. The molecule has 2 aliphatic rings. The van der Waals surface area contributed by atoms with Crippen molar-refractivity contribution in [3.63, 3.8) is 0 Å². The van der Waals surface area contributed by atoms with Crippen LogP contribution in [0.15, 0.2) is 40.7 Å². The monoisotopic (exact) mass is 555 g/mol. The number of ether oxygens (including phenoxy) is 2. The predicted octanol–water partition coefficient (Wildman–Crippen LogP) is 3.33. The van der Waals surface area contributed by atoms with Gasteiger partial charge in [-0.2, -0.15) is 4.31 Å². The van der Waals surface area contributed by atoms with Crippen LogP contribution in [0.3, 0.4) is 0 Å². The van der Waals surface area contributed by atoms with Gasteiger partial charge >= 0.3 is 0 Å². The molecule has 0 radical (unpaired) electrons. The van der Waals surface area contributed by atoms with Crippen molar-refractivity contribution in [2.24, 2.45) is 0 Å². The van der Waals surface area contributed by atoms with E-state index in [-0.39, 0.29) is 26.9 Å². The van der Waals surface area contributed by atoms with Crippen LogP contribution in [0, 0.1) is 0 Å². The van der Waals surface area contributed by atoms with E-state index in [0.29, 0.717) is 37.7 Å². The summed E-state index contributed by atoms with van der Waals surface area (Å²) in [6.45, 7) is 2.65. The molecule has 1 aromatic heterocycles. The average Bonchev–Trinajstić information content (AvgIpc) is 3.49. The molecule has 1 saturated heterocycles. The van der Waals surface area contributed by atoms with E-state index in [9.17, 15) is 13.2 Å². The van der Waals surface area contributed by atoms with Crippen molar-refractivity contribution < 1.29 is 22.7 Å². The second-order valence-corrected chi connectivity index (χ2v) is 11.8. The Kier molecular flexibility index (Phi) is 6.84. The minimum atomic E-state index is -3.84. The number of carbonyl (C=O) groups is 1. The first kappa shape index (κ1) is 24.2. The summed E-state index contributed by atoms with van der Waals surface area (Å²) in [6.07, 6.45) is 0. The number of nitrogens with one attached hydrogen (secondary N) is 1. The molecule has 5 rings (SSSR count). The van der Waals surface area contributed by atoms with Crippen molar-refractivity contribution >= 4 is 55.6 Å². The number of halogens is 2. The number of piperazine rings is 1. The van der Waals surface area contributed by atoms with E-state index < -0.39 is 15.9 Å². The van der Waals surface area contributed by atoms with Crippen LogP contribution in [0.1, 0.15) is 15.9 Å². The molecular weight excluding hydrogens is 537 g/mol. The molecule has 14 heteroatoms. The lowest BCUT2D eigenvalue weighted by Crippen LogP contribution is -2.48. The highest BCUT2D eigenvalue weighted by Crippen LogP contribution is 2.33. The van der Waals surface area contributed by atoms with Crippen molar-refractivity contribution in [1.29, 1.82) is 0 Å². The van der Waals surface area contributed by atoms with Crippen molar-refractivity contribution in [2.45, 2.75) is 10.9 Å². The average molecular weight is 556 g/mol. The minimum Gasteiger partial charge on any atom is -0.454 e. The summed E-state index contributed by atoms with van der Waals surface area (Å²) in [4.78, 5) is 14.6. The molecule has 1 fully saturated rings. The van der Waals surface area contributed by atoms with Crippen LogP contribution in [0.2, 0.25) is 10.0 Å². The van der Waals surface area contributed by atoms with Crippen LogP contribution in [0.5, 0.6) is 11.5 Å². The number of anilines is 1. The van der Waals surface area contributed by atoms with Gasteiger partial charge in [0, 0.05) is 37.7 Å². The summed E-state index contributed by atoms with van der Waals surface area (Å²) in [5.41, 5.74) is 1.25. The lowest BCUT2D eigenvalue weighted by molar-refractivity contribution is 0.102. The van der Waals surface area contributed by atoms with Gasteiger partial charge in [-0.15, -0.1) is 10.2 Å². The zero-order valence-corrected chi connectivity index (χ0v) is 21.3. The molecule has 0 saturated carbocycles. The Morgan fingerprint density at radius 1 is 1.03 bits per heavy atom. The molecule has 2 aromatic carbocycles. The fraction of sp³-hybridized carbons (Fsp3) is 0.286. The number of sulfonamides is 1. The normalized spacial score (nSPS) is 16.4. The highest BCUT2D eigenvalue weighted by Gasteiger charge is 2.32. The van der Waals surface area contributed by atoms with Gasteiger partial charge in [-0.3, -0.25) is 15.0 Å². The van der Waals surface area contributed by atoms with Crippen LogP contribution in [0.4, 0.5) is 5.13 Å². The van der Waals surface area contributed by atoms with E-state index in [1.165, 1.54) is 22.5 Å². The Morgan fingerprint density at radius 3 is 2.57 bits per heavy atom. The summed E-state index contributed by atoms with van der Waals surface area (Å²) < 4.78 is 38.1. The van der Waals surface area contributed by atoms with Gasteiger partial charge in [0.25, 0.3) is 15.9 Å². The Bertz CT molecular complexity index is 1380. The predicted molar refractivity (Wildman–Crippen MR) is 131 cm³/mol. The molecule has 0 spiro atoms. The van der Waals surface area contributed by atoms with Crippen LogP contribution >= 0.6 is 34.5 Å². The molecule has 35 heavy (non-hydrogen) atoms. The quantitative estimate of drug-likeness (QED) is 0.460. The van der Waals surface area contributed by atoms with Crippen molar-refractivity contribution in [2.75, 3.05) is 38.3 Å². The summed E-state index contributed by atoms with van der Waals surface area (Å²) in [6, 6.07) is 10.3. The van der Waals surface area contributed by atoms with E-state index in [1.54, 1.807) is 0 Å². The highest BCUT2D eigenvalue weighted by atomic mass is 35.5.